The zero-order valence-corrected chi connectivity index (χ0v) is 9.87. The molecule has 4 nitrogen and oxygen atoms in total. The lowest BCUT2D eigenvalue weighted by molar-refractivity contribution is -0.117. The van der Waals surface area contributed by atoms with Gasteiger partial charge in [-0.2, -0.15) is 0 Å². The largest absolute Gasteiger partial charge is 0.368 e. The maximum Gasteiger partial charge on any atom is 0.235 e. The third-order valence-corrected chi connectivity index (χ3v) is 4.00. The molecule has 1 aromatic heterocycles. The molecule has 0 unspecified atom stereocenters. The summed E-state index contributed by atoms with van der Waals surface area (Å²) in [5.74, 6) is -0.369. The number of primary amides is 1. The minimum atomic E-state index is -0.408. The van der Waals surface area contributed by atoms with Gasteiger partial charge < -0.3 is 5.73 Å². The lowest BCUT2D eigenvalue weighted by Gasteiger charge is -2.10. The molecule has 2 rings (SSSR count). The Bertz CT molecular complexity index is 458. The van der Waals surface area contributed by atoms with Gasteiger partial charge in [0.05, 0.1) is 0 Å². The fourth-order valence-electron chi connectivity index (χ4n) is 1.23. The molecule has 0 radical (unpaired) electrons. The molecular weight excluding hydrogens is 242 g/mol. The molecule has 1 aromatic carbocycles. The van der Waals surface area contributed by atoms with E-state index in [9.17, 15) is 4.79 Å². The molecule has 0 saturated carbocycles. The van der Waals surface area contributed by atoms with Gasteiger partial charge in [0.15, 0.2) is 4.34 Å². The summed E-state index contributed by atoms with van der Waals surface area (Å²) in [6.45, 7) is 0. The number of amides is 1. The van der Waals surface area contributed by atoms with Crippen LogP contribution in [0.5, 0.6) is 0 Å². The first-order valence-electron chi connectivity index (χ1n) is 4.54. The molecule has 2 N–H and O–H groups in total. The van der Waals surface area contributed by atoms with Crippen molar-refractivity contribution < 1.29 is 4.79 Å². The summed E-state index contributed by atoms with van der Waals surface area (Å²) in [6, 6.07) is 9.42. The Balaban J connectivity index is 2.22. The first kappa shape index (κ1) is 11.1. The van der Waals surface area contributed by atoms with E-state index in [0.29, 0.717) is 0 Å². The SMILES string of the molecule is NC(=O)[C@@H](Sc1nncs1)c1ccccc1. The van der Waals surface area contributed by atoms with Gasteiger partial charge in [0.1, 0.15) is 10.8 Å². The van der Waals surface area contributed by atoms with Crippen LogP contribution in [0.25, 0.3) is 0 Å². The van der Waals surface area contributed by atoms with Crippen LogP contribution in [0, 0.1) is 0 Å². The average Bonchev–Trinajstić information content (AvgIpc) is 2.79. The number of nitrogens with two attached hydrogens (primary N) is 1. The summed E-state index contributed by atoms with van der Waals surface area (Å²) in [4.78, 5) is 11.4. The van der Waals surface area contributed by atoms with Crippen LogP contribution in [0.4, 0.5) is 0 Å². The number of aromatic nitrogens is 2. The van der Waals surface area contributed by atoms with E-state index >= 15 is 0 Å². The van der Waals surface area contributed by atoms with Crippen molar-refractivity contribution in [2.75, 3.05) is 0 Å². The molecular formula is C10H9N3OS2. The van der Waals surface area contributed by atoms with Crippen molar-refractivity contribution in [2.45, 2.75) is 9.59 Å². The fraction of sp³-hybridized carbons (Fsp3) is 0.100. The molecule has 0 spiro atoms. The Morgan fingerprint density at radius 2 is 2.12 bits per heavy atom. The Morgan fingerprint density at radius 1 is 1.38 bits per heavy atom. The number of carbonyl (C=O) groups is 1. The quantitative estimate of drug-likeness (QED) is 0.842. The monoisotopic (exact) mass is 251 g/mol. The average molecular weight is 251 g/mol. The van der Waals surface area contributed by atoms with E-state index in [1.54, 1.807) is 5.51 Å². The van der Waals surface area contributed by atoms with Crippen molar-refractivity contribution in [1.82, 2.24) is 10.2 Å². The van der Waals surface area contributed by atoms with E-state index in [4.69, 9.17) is 5.73 Å². The third-order valence-electron chi connectivity index (χ3n) is 1.92. The molecule has 0 aliphatic heterocycles. The van der Waals surface area contributed by atoms with Gasteiger partial charge in [0.25, 0.3) is 0 Å². The summed E-state index contributed by atoms with van der Waals surface area (Å²) >= 11 is 2.72. The highest BCUT2D eigenvalue weighted by Crippen LogP contribution is 2.35. The van der Waals surface area contributed by atoms with E-state index in [0.717, 1.165) is 9.90 Å². The summed E-state index contributed by atoms with van der Waals surface area (Å²) < 4.78 is 0.743. The highest BCUT2D eigenvalue weighted by Gasteiger charge is 2.20. The summed E-state index contributed by atoms with van der Waals surface area (Å²) in [6.07, 6.45) is 0. The number of hydrogen-bond acceptors (Lipinski definition) is 5. The minimum absolute atomic E-state index is 0.369. The van der Waals surface area contributed by atoms with E-state index in [-0.39, 0.29) is 5.91 Å². The molecule has 1 atom stereocenters. The van der Waals surface area contributed by atoms with E-state index < -0.39 is 5.25 Å². The molecule has 2 aromatic rings. The Kier molecular flexibility index (Phi) is 3.53. The lowest BCUT2D eigenvalue weighted by atomic mass is 10.1. The second-order valence-electron chi connectivity index (χ2n) is 3.02. The maximum absolute atomic E-state index is 11.4. The number of carbonyl (C=O) groups excluding carboxylic acids is 1. The molecule has 0 aliphatic rings. The standard InChI is InChI=1S/C10H9N3OS2/c11-9(14)8(7-4-2-1-3-5-7)16-10-13-12-6-15-10/h1-6,8H,(H2,11,14)/t8-/m0/s1. The second-order valence-corrected chi connectivity index (χ2v) is 5.20. The molecule has 0 saturated heterocycles. The Morgan fingerprint density at radius 3 is 2.69 bits per heavy atom. The van der Waals surface area contributed by atoms with Crippen LogP contribution in [0.2, 0.25) is 0 Å². The molecule has 16 heavy (non-hydrogen) atoms. The summed E-state index contributed by atoms with van der Waals surface area (Å²) in [5, 5.41) is 7.20. The van der Waals surface area contributed by atoms with E-state index in [1.807, 2.05) is 30.3 Å². The Hall–Kier alpha value is -1.40. The zero-order valence-electron chi connectivity index (χ0n) is 8.24. The van der Waals surface area contributed by atoms with Crippen LogP contribution in [0.3, 0.4) is 0 Å². The van der Waals surface area contributed by atoms with Crippen LogP contribution in [-0.4, -0.2) is 16.1 Å². The van der Waals surface area contributed by atoms with Crippen LogP contribution in [0.1, 0.15) is 10.8 Å². The van der Waals surface area contributed by atoms with E-state index in [2.05, 4.69) is 10.2 Å². The van der Waals surface area contributed by atoms with Crippen molar-refractivity contribution in [2.24, 2.45) is 5.73 Å². The zero-order chi connectivity index (χ0) is 11.4. The number of benzene rings is 1. The van der Waals surface area contributed by atoms with Gasteiger partial charge in [-0.1, -0.05) is 53.4 Å². The van der Waals surface area contributed by atoms with E-state index in [1.165, 1.54) is 23.1 Å². The number of hydrogen-bond donors (Lipinski definition) is 1. The normalized spacial score (nSPS) is 12.2. The number of thioether (sulfide) groups is 1. The van der Waals surface area contributed by atoms with Crippen LogP contribution >= 0.6 is 23.1 Å². The topological polar surface area (TPSA) is 68.9 Å². The molecule has 0 bridgehead atoms. The fourth-order valence-corrected chi connectivity index (χ4v) is 2.86. The molecule has 0 aliphatic carbocycles. The predicted molar refractivity (Wildman–Crippen MR) is 64.1 cm³/mol. The lowest BCUT2D eigenvalue weighted by Crippen LogP contribution is -2.18. The first-order chi connectivity index (χ1) is 7.77. The molecule has 6 heteroatoms. The van der Waals surface area contributed by atoms with Gasteiger partial charge in [-0.15, -0.1) is 10.2 Å². The molecule has 0 fully saturated rings. The number of nitrogens with zero attached hydrogens (tertiary/aromatic N) is 2. The first-order valence-corrected chi connectivity index (χ1v) is 6.30. The second kappa shape index (κ2) is 5.09. The van der Waals surface area contributed by atoms with Crippen LogP contribution in [-0.2, 0) is 4.79 Å². The smallest absolute Gasteiger partial charge is 0.235 e. The highest BCUT2D eigenvalue weighted by molar-refractivity contribution is 8.01. The van der Waals surface area contributed by atoms with Crippen molar-refractivity contribution in [1.29, 1.82) is 0 Å². The van der Waals surface area contributed by atoms with Crippen molar-refractivity contribution in [3.8, 4) is 0 Å². The van der Waals surface area contributed by atoms with Gasteiger partial charge in [0.2, 0.25) is 5.91 Å². The van der Waals surface area contributed by atoms with Crippen molar-refractivity contribution >= 4 is 29.0 Å². The van der Waals surface area contributed by atoms with Gasteiger partial charge >= 0.3 is 0 Å². The molecule has 1 amide bonds. The number of rotatable bonds is 4. The van der Waals surface area contributed by atoms with Gasteiger partial charge in [-0.05, 0) is 5.56 Å². The predicted octanol–water partition coefficient (Wildman–Crippen LogP) is 1.86. The molecule has 82 valence electrons. The maximum atomic E-state index is 11.4. The summed E-state index contributed by atoms with van der Waals surface area (Å²) in [5.41, 5.74) is 7.90. The highest BCUT2D eigenvalue weighted by atomic mass is 32.2. The van der Waals surface area contributed by atoms with Crippen molar-refractivity contribution in [3.63, 3.8) is 0 Å². The minimum Gasteiger partial charge on any atom is -0.368 e. The van der Waals surface area contributed by atoms with Gasteiger partial charge in [0, 0.05) is 0 Å². The van der Waals surface area contributed by atoms with Crippen LogP contribution in [0.15, 0.2) is 40.2 Å². The third kappa shape index (κ3) is 2.59. The van der Waals surface area contributed by atoms with Gasteiger partial charge in [-0.3, -0.25) is 4.79 Å². The van der Waals surface area contributed by atoms with Crippen LogP contribution < -0.4 is 5.73 Å². The molecule has 1 heterocycles. The summed E-state index contributed by atoms with van der Waals surface area (Å²) in [7, 11) is 0. The van der Waals surface area contributed by atoms with Crippen molar-refractivity contribution in [3.05, 3.63) is 41.4 Å². The Labute approximate surface area is 101 Å². The van der Waals surface area contributed by atoms with Gasteiger partial charge in [-0.25, -0.2) is 0 Å².